The quantitative estimate of drug-likeness (QED) is 0.338. The van der Waals surface area contributed by atoms with Crippen molar-refractivity contribution in [3.05, 3.63) is 21.9 Å². The van der Waals surface area contributed by atoms with Gasteiger partial charge in [0.15, 0.2) is 0 Å². The number of halogens is 1. The van der Waals surface area contributed by atoms with Crippen LogP contribution in [0.15, 0.2) is 12.1 Å². The van der Waals surface area contributed by atoms with E-state index in [1.165, 1.54) is 74.0 Å². The second-order valence-corrected chi connectivity index (χ2v) is 9.54. The smallest absolute Gasteiger partial charge is 0.0585 e. The summed E-state index contributed by atoms with van der Waals surface area (Å²) in [5.41, 5.74) is 0. The number of rotatable bonds is 11. The van der Waals surface area contributed by atoms with Crippen molar-refractivity contribution in [2.45, 2.75) is 96.0 Å². The Labute approximate surface area is 157 Å². The topological polar surface area (TPSA) is 20.2 Å². The van der Waals surface area contributed by atoms with Crippen molar-refractivity contribution < 1.29 is 5.11 Å². The highest BCUT2D eigenvalue weighted by atomic mass is 35.5. The summed E-state index contributed by atoms with van der Waals surface area (Å²) in [5, 5.41) is 10.6. The van der Waals surface area contributed by atoms with Crippen molar-refractivity contribution in [3.8, 4) is 0 Å². The molecule has 1 aliphatic rings. The van der Waals surface area contributed by atoms with Gasteiger partial charge in [-0.05, 0) is 63.0 Å². The molecule has 1 N–H and O–H groups in total. The number of aryl methyl sites for hydroxylation is 2. The molecule has 0 spiro atoms. The maximum absolute atomic E-state index is 10.4. The molecular formula is C21H35ClOS. The second kappa shape index (κ2) is 10.8. The maximum Gasteiger partial charge on any atom is 0.0585 e. The van der Waals surface area contributed by atoms with E-state index in [0.29, 0.717) is 11.8 Å². The van der Waals surface area contributed by atoms with Crippen molar-refractivity contribution in [2.24, 2.45) is 11.8 Å². The van der Waals surface area contributed by atoms with Crippen molar-refractivity contribution in [1.82, 2.24) is 0 Å². The molecule has 0 aliphatic heterocycles. The molecule has 1 aromatic rings. The number of alkyl halides is 1. The van der Waals surface area contributed by atoms with Crippen LogP contribution in [0, 0.1) is 18.8 Å². The normalized spacial score (nSPS) is 27.0. The molecule has 1 aromatic heterocycles. The number of hydrogen-bond acceptors (Lipinski definition) is 2. The van der Waals surface area contributed by atoms with Gasteiger partial charge in [-0.2, -0.15) is 0 Å². The third-order valence-electron chi connectivity index (χ3n) is 5.62. The molecule has 0 radical (unpaired) electrons. The van der Waals surface area contributed by atoms with E-state index in [1.54, 1.807) is 0 Å². The van der Waals surface area contributed by atoms with Gasteiger partial charge in [-0.15, -0.1) is 22.9 Å². The first-order chi connectivity index (χ1) is 11.6. The van der Waals surface area contributed by atoms with Crippen molar-refractivity contribution in [3.63, 3.8) is 0 Å². The van der Waals surface area contributed by atoms with Gasteiger partial charge in [0.25, 0.3) is 0 Å². The van der Waals surface area contributed by atoms with Gasteiger partial charge < -0.3 is 5.11 Å². The van der Waals surface area contributed by atoms with Gasteiger partial charge in [0.1, 0.15) is 0 Å². The van der Waals surface area contributed by atoms with Crippen LogP contribution in [0.1, 0.15) is 80.9 Å². The highest BCUT2D eigenvalue weighted by molar-refractivity contribution is 7.11. The second-order valence-electron chi connectivity index (χ2n) is 7.61. The van der Waals surface area contributed by atoms with Crippen LogP contribution in [0.25, 0.3) is 0 Å². The summed E-state index contributed by atoms with van der Waals surface area (Å²) in [4.78, 5) is 2.89. The van der Waals surface area contributed by atoms with Crippen LogP contribution in [0.2, 0.25) is 0 Å². The molecule has 0 bridgehead atoms. The monoisotopic (exact) mass is 370 g/mol. The number of hydrogen-bond donors (Lipinski definition) is 1. The average molecular weight is 371 g/mol. The number of thiophene rings is 1. The third-order valence-corrected chi connectivity index (χ3v) is 7.19. The largest absolute Gasteiger partial charge is 0.393 e. The zero-order chi connectivity index (χ0) is 17.4. The lowest BCUT2D eigenvalue weighted by Crippen LogP contribution is -2.21. The van der Waals surface area contributed by atoms with Crippen LogP contribution in [0.5, 0.6) is 0 Å². The van der Waals surface area contributed by atoms with Gasteiger partial charge in [-0.1, -0.05) is 45.4 Å². The zero-order valence-electron chi connectivity index (χ0n) is 15.5. The molecule has 1 saturated carbocycles. The van der Waals surface area contributed by atoms with E-state index in [1.807, 2.05) is 11.3 Å². The van der Waals surface area contributed by atoms with Crippen molar-refractivity contribution in [1.29, 1.82) is 0 Å². The minimum absolute atomic E-state index is 0.169. The predicted octanol–water partition coefficient (Wildman–Crippen LogP) is 6.73. The summed E-state index contributed by atoms with van der Waals surface area (Å²) in [5.74, 6) is 0.946. The summed E-state index contributed by atoms with van der Waals surface area (Å²) in [6, 6.07) is 4.47. The molecular weight excluding hydrogens is 336 g/mol. The van der Waals surface area contributed by atoms with Gasteiger partial charge in [0.05, 0.1) is 6.10 Å². The molecule has 1 aliphatic carbocycles. The minimum atomic E-state index is -0.169. The molecule has 0 aromatic carbocycles. The van der Waals surface area contributed by atoms with Gasteiger partial charge in [0.2, 0.25) is 0 Å². The minimum Gasteiger partial charge on any atom is -0.393 e. The van der Waals surface area contributed by atoms with E-state index in [-0.39, 0.29) is 11.5 Å². The lowest BCUT2D eigenvalue weighted by atomic mass is 9.85. The third kappa shape index (κ3) is 6.35. The van der Waals surface area contributed by atoms with Crippen LogP contribution in [-0.4, -0.2) is 16.6 Å². The van der Waals surface area contributed by atoms with Crippen LogP contribution < -0.4 is 0 Å². The Hall–Kier alpha value is -0.0500. The zero-order valence-corrected chi connectivity index (χ0v) is 17.0. The van der Waals surface area contributed by atoms with Gasteiger partial charge >= 0.3 is 0 Å². The van der Waals surface area contributed by atoms with Crippen LogP contribution in [0.4, 0.5) is 0 Å². The highest BCUT2D eigenvalue weighted by Gasteiger charge is 2.40. The maximum atomic E-state index is 10.4. The lowest BCUT2D eigenvalue weighted by Gasteiger charge is -2.23. The van der Waals surface area contributed by atoms with Gasteiger partial charge in [-0.3, -0.25) is 0 Å². The average Bonchev–Trinajstić information content (AvgIpc) is 3.07. The molecule has 138 valence electrons. The van der Waals surface area contributed by atoms with Crippen LogP contribution in [-0.2, 0) is 6.42 Å². The van der Waals surface area contributed by atoms with Crippen LogP contribution >= 0.6 is 22.9 Å². The molecule has 3 heteroatoms. The molecule has 0 unspecified atom stereocenters. The first-order valence-electron chi connectivity index (χ1n) is 9.99. The van der Waals surface area contributed by atoms with E-state index in [0.717, 1.165) is 6.42 Å². The van der Waals surface area contributed by atoms with E-state index in [2.05, 4.69) is 26.0 Å². The predicted molar refractivity (Wildman–Crippen MR) is 107 cm³/mol. The Morgan fingerprint density at radius 1 is 1.04 bits per heavy atom. The first-order valence-corrected chi connectivity index (χ1v) is 11.2. The van der Waals surface area contributed by atoms with Gasteiger partial charge in [-0.25, -0.2) is 0 Å². The highest BCUT2D eigenvalue weighted by Crippen LogP contribution is 2.42. The Bertz CT molecular complexity index is 458. The fourth-order valence-electron chi connectivity index (χ4n) is 4.23. The standard InChI is InChI=1S/C21H35ClOS/c1-3-4-5-6-7-8-11-19-18(20(22)15-21(19)23)12-9-10-17-14-13-16(2)24-17/h13-14,18-21,23H,3-12,15H2,1-2H3/t18-,19-,20-,21-/m1/s1. The van der Waals surface area contributed by atoms with E-state index in [9.17, 15) is 5.11 Å². The fraction of sp³-hybridized carbons (Fsp3) is 0.810. The Morgan fingerprint density at radius 2 is 1.75 bits per heavy atom. The van der Waals surface area contributed by atoms with E-state index in [4.69, 9.17) is 11.6 Å². The summed E-state index contributed by atoms with van der Waals surface area (Å²) in [6.07, 6.45) is 13.3. The lowest BCUT2D eigenvalue weighted by molar-refractivity contribution is 0.107. The molecule has 1 fully saturated rings. The molecule has 0 saturated heterocycles. The molecule has 4 atom stereocenters. The summed E-state index contributed by atoms with van der Waals surface area (Å²) < 4.78 is 0. The number of aliphatic hydroxyl groups is 1. The number of unbranched alkanes of at least 4 members (excludes halogenated alkanes) is 5. The molecule has 1 nitrogen and oxygen atoms in total. The van der Waals surface area contributed by atoms with E-state index < -0.39 is 0 Å². The Morgan fingerprint density at radius 3 is 2.46 bits per heavy atom. The molecule has 2 rings (SSSR count). The Balaban J connectivity index is 1.71. The summed E-state index contributed by atoms with van der Waals surface area (Å²) in [7, 11) is 0. The summed E-state index contributed by atoms with van der Waals surface area (Å²) >= 11 is 8.49. The molecule has 1 heterocycles. The molecule has 0 amide bonds. The summed E-state index contributed by atoms with van der Waals surface area (Å²) in [6.45, 7) is 4.43. The van der Waals surface area contributed by atoms with Gasteiger partial charge in [0, 0.05) is 15.1 Å². The SMILES string of the molecule is CCCCCCCC[C@@H]1[C@@H](CCCc2ccc(C)s2)[C@H](Cl)C[C@H]1O. The number of aliphatic hydroxyl groups excluding tert-OH is 1. The van der Waals surface area contributed by atoms with Crippen LogP contribution in [0.3, 0.4) is 0 Å². The fourth-order valence-corrected chi connectivity index (χ4v) is 5.65. The molecule has 24 heavy (non-hydrogen) atoms. The van der Waals surface area contributed by atoms with Crippen molar-refractivity contribution >= 4 is 22.9 Å². The first kappa shape index (κ1) is 20.3. The van der Waals surface area contributed by atoms with E-state index >= 15 is 0 Å². The van der Waals surface area contributed by atoms with Crippen molar-refractivity contribution in [2.75, 3.05) is 0 Å². The Kier molecular flexibility index (Phi) is 9.15.